The Morgan fingerprint density at radius 3 is 2.57 bits per heavy atom. The maximum Gasteiger partial charge on any atom is 0.308 e. The minimum Gasteiger partial charge on any atom is -0.449 e. The highest BCUT2D eigenvalue weighted by atomic mass is 31.1. The third kappa shape index (κ3) is 7.21. The molecule has 1 atom stereocenters. The molecule has 0 saturated heterocycles. The molecule has 6 heteroatoms. The molecule has 0 radical (unpaired) electrons. The maximum atomic E-state index is 10.9. The average molecular weight is 224 g/mol. The lowest BCUT2D eigenvalue weighted by molar-refractivity contribution is -0.134. The van der Waals surface area contributed by atoms with Crippen molar-refractivity contribution in [1.82, 2.24) is 0 Å². The first kappa shape index (κ1) is 13.8. The Morgan fingerprint density at radius 1 is 1.43 bits per heavy atom. The number of hydrogen-bond donors (Lipinski definition) is 2. The highest BCUT2D eigenvalue weighted by Gasteiger charge is 2.06. The van der Waals surface area contributed by atoms with Gasteiger partial charge in [-0.3, -0.25) is 4.79 Å². The minimum atomic E-state index is -0.543. The van der Waals surface area contributed by atoms with Gasteiger partial charge in [-0.15, -0.1) is 0 Å². The number of hydrogen-bond acceptors (Lipinski definition) is 5. The molecule has 0 saturated carbocycles. The number of carbonyl (C=O) groups is 1. The van der Waals surface area contributed by atoms with Crippen LogP contribution in [0, 0.1) is 0 Å². The molecule has 14 heavy (non-hydrogen) atoms. The van der Waals surface area contributed by atoms with Gasteiger partial charge in [-0.25, -0.2) is 0 Å². The summed E-state index contributed by atoms with van der Waals surface area (Å²) in [6, 6.07) is 0. The molecule has 0 heterocycles. The predicted octanol–water partition coefficient (Wildman–Crippen LogP) is -0.0971. The fourth-order valence-electron chi connectivity index (χ4n) is 0.795. The van der Waals surface area contributed by atoms with Gasteiger partial charge in [0.25, 0.3) is 0 Å². The van der Waals surface area contributed by atoms with E-state index in [1.807, 2.05) is 0 Å². The van der Waals surface area contributed by atoms with E-state index < -0.39 is 6.10 Å². The molecule has 0 aliphatic carbocycles. The topological polar surface area (TPSA) is 76.0 Å². The number of carbonyl (C=O) groups excluding carboxylic acids is 1. The van der Waals surface area contributed by atoms with E-state index >= 15 is 0 Å². The predicted molar refractivity (Wildman–Crippen MR) is 53.5 cm³/mol. The van der Waals surface area contributed by atoms with E-state index in [-0.39, 0.29) is 28.0 Å². The van der Waals surface area contributed by atoms with Crippen LogP contribution in [0.25, 0.3) is 0 Å². The summed E-state index contributed by atoms with van der Waals surface area (Å²) in [7, 11) is 0.175. The summed E-state index contributed by atoms with van der Waals surface area (Å²) in [5, 5.41) is 17.3. The minimum absolute atomic E-state index is 0.175. The second-order valence-electron chi connectivity index (χ2n) is 2.64. The van der Waals surface area contributed by atoms with Crippen LogP contribution in [0.15, 0.2) is 0 Å². The van der Waals surface area contributed by atoms with Crippen LogP contribution in [0.3, 0.4) is 0 Å². The summed E-state index contributed by atoms with van der Waals surface area (Å²) in [5.74, 6) is -0.237. The Kier molecular flexibility index (Phi) is 9.19. The van der Waals surface area contributed by atoms with Gasteiger partial charge in [-0.2, -0.15) is 0 Å². The second-order valence-corrected chi connectivity index (χ2v) is 3.25. The van der Waals surface area contributed by atoms with Crippen molar-refractivity contribution in [1.29, 1.82) is 0 Å². The zero-order valence-electron chi connectivity index (χ0n) is 8.23. The fraction of sp³-hybridized carbons (Fsp3) is 0.875. The zero-order chi connectivity index (χ0) is 10.8. The molecule has 0 aliphatic heterocycles. The highest BCUT2D eigenvalue weighted by molar-refractivity contribution is 7.31. The molecule has 0 amide bonds. The van der Waals surface area contributed by atoms with Crippen molar-refractivity contribution in [3.8, 4) is 0 Å². The van der Waals surface area contributed by atoms with Crippen molar-refractivity contribution in [2.24, 2.45) is 0 Å². The Morgan fingerprint density at radius 2 is 2.07 bits per heavy atom. The van der Waals surface area contributed by atoms with Crippen LogP contribution in [-0.2, 0) is 14.1 Å². The first-order valence-electron chi connectivity index (χ1n) is 4.44. The summed E-state index contributed by atoms with van der Waals surface area (Å²) in [6.45, 7) is 1.70. The van der Waals surface area contributed by atoms with Crippen LogP contribution >= 0.6 is 8.81 Å². The van der Waals surface area contributed by atoms with Crippen molar-refractivity contribution in [3.63, 3.8) is 0 Å². The molecule has 2 N–H and O–H groups in total. The summed E-state index contributed by atoms with van der Waals surface area (Å²) < 4.78 is 9.80. The van der Waals surface area contributed by atoms with Crippen molar-refractivity contribution >= 4 is 14.8 Å². The van der Waals surface area contributed by atoms with Crippen LogP contribution in [0.5, 0.6) is 0 Å². The highest BCUT2D eigenvalue weighted by Crippen LogP contribution is 2.07. The van der Waals surface area contributed by atoms with Crippen molar-refractivity contribution in [2.45, 2.75) is 18.9 Å². The number of aliphatic hydroxyl groups excluding tert-OH is 2. The van der Waals surface area contributed by atoms with Crippen LogP contribution in [-0.4, -0.2) is 48.8 Å². The van der Waals surface area contributed by atoms with E-state index in [4.69, 9.17) is 19.5 Å². The van der Waals surface area contributed by atoms with Gasteiger partial charge in [0.2, 0.25) is 0 Å². The monoisotopic (exact) mass is 224 g/mol. The molecular weight excluding hydrogens is 207 g/mol. The lowest BCUT2D eigenvalue weighted by atomic mass is 10.3. The van der Waals surface area contributed by atoms with Crippen molar-refractivity contribution in [3.05, 3.63) is 0 Å². The average Bonchev–Trinajstić information content (AvgIpc) is 2.19. The molecule has 0 spiro atoms. The number of rotatable bonds is 8. The van der Waals surface area contributed by atoms with Gasteiger partial charge < -0.3 is 19.5 Å². The van der Waals surface area contributed by atoms with E-state index in [0.717, 1.165) is 0 Å². The first-order chi connectivity index (χ1) is 6.74. The third-order valence-corrected chi connectivity index (χ3v) is 1.93. The molecule has 84 valence electrons. The summed E-state index contributed by atoms with van der Waals surface area (Å²) in [4.78, 5) is 10.9. The summed E-state index contributed by atoms with van der Waals surface area (Å²) in [5.41, 5.74) is 0. The quantitative estimate of drug-likeness (QED) is 0.445. The van der Waals surface area contributed by atoms with Crippen LogP contribution in [0.2, 0.25) is 0 Å². The molecule has 0 aromatic heterocycles. The molecule has 0 aliphatic rings. The summed E-state index contributed by atoms with van der Waals surface area (Å²) in [6.07, 6.45) is 0.309. The second kappa shape index (κ2) is 9.34. The van der Waals surface area contributed by atoms with E-state index in [9.17, 15) is 4.79 Å². The molecule has 0 aromatic rings. The van der Waals surface area contributed by atoms with E-state index in [1.165, 1.54) is 0 Å². The first-order valence-corrected chi connectivity index (χ1v) is 5.85. The van der Waals surface area contributed by atoms with Crippen LogP contribution < -0.4 is 0 Å². The number of aliphatic hydroxyl groups is 2. The van der Waals surface area contributed by atoms with Gasteiger partial charge in [-0.1, -0.05) is 0 Å². The molecular formula is C8H17O5P. The van der Waals surface area contributed by atoms with Crippen molar-refractivity contribution in [2.75, 3.05) is 26.5 Å². The smallest absolute Gasteiger partial charge is 0.308 e. The van der Waals surface area contributed by atoms with Crippen molar-refractivity contribution < 1.29 is 24.3 Å². The Labute approximate surface area is 85.3 Å². The van der Waals surface area contributed by atoms with E-state index in [0.29, 0.717) is 19.4 Å². The molecule has 0 fully saturated rings. The van der Waals surface area contributed by atoms with Gasteiger partial charge in [0.1, 0.15) is 6.10 Å². The summed E-state index contributed by atoms with van der Waals surface area (Å²) >= 11 is 0. The third-order valence-electron chi connectivity index (χ3n) is 1.50. The zero-order valence-corrected chi connectivity index (χ0v) is 9.23. The molecule has 0 aromatic carbocycles. The SMILES string of the molecule is CPOC(=O)CCCOC(CO)CO. The van der Waals surface area contributed by atoms with E-state index in [1.54, 1.807) is 6.66 Å². The van der Waals surface area contributed by atoms with Gasteiger partial charge in [-0.05, 0) is 13.1 Å². The van der Waals surface area contributed by atoms with Gasteiger partial charge >= 0.3 is 5.97 Å². The maximum absolute atomic E-state index is 10.9. The Hall–Kier alpha value is -0.220. The lowest BCUT2D eigenvalue weighted by Crippen LogP contribution is -2.22. The molecule has 5 nitrogen and oxygen atoms in total. The van der Waals surface area contributed by atoms with Gasteiger partial charge in [0, 0.05) is 13.0 Å². The Balaban J connectivity index is 3.32. The number of ether oxygens (including phenoxy) is 1. The standard InChI is InChI=1S/C8H17O5P/c1-14-13-8(11)3-2-4-12-7(5-9)6-10/h7,9-10,14H,2-6H2,1H3. The van der Waals surface area contributed by atoms with E-state index in [2.05, 4.69) is 0 Å². The normalized spacial score (nSPS) is 11.4. The Bertz CT molecular complexity index is 149. The van der Waals surface area contributed by atoms with Crippen LogP contribution in [0.1, 0.15) is 12.8 Å². The molecule has 0 rings (SSSR count). The van der Waals surface area contributed by atoms with Gasteiger partial charge in [0.15, 0.2) is 0 Å². The largest absolute Gasteiger partial charge is 0.449 e. The van der Waals surface area contributed by atoms with Gasteiger partial charge in [0.05, 0.1) is 22.0 Å². The molecule has 0 bridgehead atoms. The van der Waals surface area contributed by atoms with Crippen LogP contribution in [0.4, 0.5) is 0 Å². The lowest BCUT2D eigenvalue weighted by Gasteiger charge is -2.11. The fourth-order valence-corrected chi connectivity index (χ4v) is 1.12. The molecule has 1 unspecified atom stereocenters.